The number of aromatic nitrogens is 2. The van der Waals surface area contributed by atoms with Crippen molar-refractivity contribution < 1.29 is 0 Å². The Morgan fingerprint density at radius 1 is 1.41 bits per heavy atom. The van der Waals surface area contributed by atoms with Crippen molar-refractivity contribution in [2.75, 3.05) is 6.54 Å². The SMILES string of the molecule is CCC1CCCCC1NCCc1ccn(C)n1. The zero-order valence-electron chi connectivity index (χ0n) is 11.2. The first-order chi connectivity index (χ1) is 8.29. The molecule has 0 radical (unpaired) electrons. The highest BCUT2D eigenvalue weighted by molar-refractivity contribution is 4.99. The summed E-state index contributed by atoms with van der Waals surface area (Å²) >= 11 is 0. The van der Waals surface area contributed by atoms with Crippen molar-refractivity contribution in [1.29, 1.82) is 0 Å². The summed E-state index contributed by atoms with van der Waals surface area (Å²) < 4.78 is 1.88. The number of rotatable bonds is 5. The highest BCUT2D eigenvalue weighted by atomic mass is 15.2. The molecule has 17 heavy (non-hydrogen) atoms. The van der Waals surface area contributed by atoms with E-state index < -0.39 is 0 Å². The van der Waals surface area contributed by atoms with E-state index in [0.717, 1.165) is 24.9 Å². The average Bonchev–Trinajstić information content (AvgIpc) is 2.76. The number of hydrogen-bond donors (Lipinski definition) is 1. The van der Waals surface area contributed by atoms with Gasteiger partial charge in [0.05, 0.1) is 5.69 Å². The molecule has 0 spiro atoms. The van der Waals surface area contributed by atoms with E-state index in [1.807, 2.05) is 17.9 Å². The average molecular weight is 235 g/mol. The van der Waals surface area contributed by atoms with E-state index in [1.165, 1.54) is 37.8 Å². The summed E-state index contributed by atoms with van der Waals surface area (Å²) in [5, 5.41) is 8.14. The van der Waals surface area contributed by atoms with Gasteiger partial charge < -0.3 is 5.32 Å². The van der Waals surface area contributed by atoms with Gasteiger partial charge in [-0.3, -0.25) is 4.68 Å². The van der Waals surface area contributed by atoms with Crippen LogP contribution in [-0.2, 0) is 13.5 Å². The van der Waals surface area contributed by atoms with Crippen molar-refractivity contribution in [3.63, 3.8) is 0 Å². The molecule has 1 heterocycles. The quantitative estimate of drug-likeness (QED) is 0.850. The molecule has 2 rings (SSSR count). The molecule has 0 bridgehead atoms. The Bertz CT molecular complexity index is 332. The van der Waals surface area contributed by atoms with E-state index in [0.29, 0.717) is 0 Å². The molecule has 2 atom stereocenters. The number of nitrogens with one attached hydrogen (secondary N) is 1. The minimum absolute atomic E-state index is 0.748. The molecule has 1 N–H and O–H groups in total. The van der Waals surface area contributed by atoms with Crippen molar-refractivity contribution in [3.8, 4) is 0 Å². The van der Waals surface area contributed by atoms with Crippen molar-refractivity contribution in [3.05, 3.63) is 18.0 Å². The second-order valence-electron chi connectivity index (χ2n) is 5.24. The second-order valence-corrected chi connectivity index (χ2v) is 5.24. The maximum Gasteiger partial charge on any atom is 0.0637 e. The number of aryl methyl sites for hydroxylation is 1. The third-order valence-corrected chi connectivity index (χ3v) is 3.99. The van der Waals surface area contributed by atoms with Gasteiger partial charge in [0, 0.05) is 32.3 Å². The maximum atomic E-state index is 4.41. The lowest BCUT2D eigenvalue weighted by molar-refractivity contribution is 0.257. The summed E-state index contributed by atoms with van der Waals surface area (Å²) in [6, 6.07) is 2.86. The maximum absolute atomic E-state index is 4.41. The molecule has 2 unspecified atom stereocenters. The zero-order valence-corrected chi connectivity index (χ0v) is 11.2. The lowest BCUT2D eigenvalue weighted by atomic mass is 9.83. The molecule has 3 nitrogen and oxygen atoms in total. The molecule has 1 aliphatic carbocycles. The molecule has 1 aromatic heterocycles. The lowest BCUT2D eigenvalue weighted by Crippen LogP contribution is -2.39. The van der Waals surface area contributed by atoms with Crippen molar-refractivity contribution in [2.45, 2.75) is 51.5 Å². The van der Waals surface area contributed by atoms with Gasteiger partial charge in [-0.2, -0.15) is 5.10 Å². The molecule has 0 saturated heterocycles. The Kier molecular flexibility index (Phi) is 4.60. The molecule has 0 amide bonds. The van der Waals surface area contributed by atoms with Gasteiger partial charge in [-0.1, -0.05) is 26.2 Å². The predicted octanol–water partition coefficient (Wildman–Crippen LogP) is 2.52. The van der Waals surface area contributed by atoms with Crippen LogP contribution in [0.2, 0.25) is 0 Å². The fraction of sp³-hybridized carbons (Fsp3) is 0.786. The molecular weight excluding hydrogens is 210 g/mol. The topological polar surface area (TPSA) is 29.9 Å². The zero-order chi connectivity index (χ0) is 12.1. The smallest absolute Gasteiger partial charge is 0.0637 e. The van der Waals surface area contributed by atoms with E-state index in [1.54, 1.807) is 0 Å². The predicted molar refractivity (Wildman–Crippen MR) is 71.0 cm³/mol. The minimum Gasteiger partial charge on any atom is -0.313 e. The fourth-order valence-corrected chi connectivity index (χ4v) is 2.95. The van der Waals surface area contributed by atoms with Crippen LogP contribution < -0.4 is 5.32 Å². The Balaban J connectivity index is 1.73. The van der Waals surface area contributed by atoms with E-state index in [2.05, 4.69) is 23.4 Å². The van der Waals surface area contributed by atoms with Gasteiger partial charge in [0.2, 0.25) is 0 Å². The summed E-state index contributed by atoms with van der Waals surface area (Å²) in [5.74, 6) is 0.896. The molecule has 1 fully saturated rings. The van der Waals surface area contributed by atoms with E-state index in [-0.39, 0.29) is 0 Å². The first kappa shape index (κ1) is 12.6. The number of hydrogen-bond acceptors (Lipinski definition) is 2. The van der Waals surface area contributed by atoms with E-state index in [4.69, 9.17) is 0 Å². The number of nitrogens with zero attached hydrogens (tertiary/aromatic N) is 2. The van der Waals surface area contributed by atoms with Gasteiger partial charge in [0.25, 0.3) is 0 Å². The van der Waals surface area contributed by atoms with Crippen LogP contribution >= 0.6 is 0 Å². The van der Waals surface area contributed by atoms with Crippen LogP contribution in [0.5, 0.6) is 0 Å². The summed E-state index contributed by atoms with van der Waals surface area (Å²) in [7, 11) is 1.98. The summed E-state index contributed by atoms with van der Waals surface area (Å²) in [5.41, 5.74) is 1.20. The Hall–Kier alpha value is -0.830. The summed E-state index contributed by atoms with van der Waals surface area (Å²) in [6.07, 6.45) is 9.99. The van der Waals surface area contributed by atoms with Gasteiger partial charge >= 0.3 is 0 Å². The third-order valence-electron chi connectivity index (χ3n) is 3.99. The highest BCUT2D eigenvalue weighted by Crippen LogP contribution is 2.26. The minimum atomic E-state index is 0.748. The fourth-order valence-electron chi connectivity index (χ4n) is 2.95. The van der Waals surface area contributed by atoms with Crippen molar-refractivity contribution in [2.24, 2.45) is 13.0 Å². The lowest BCUT2D eigenvalue weighted by Gasteiger charge is -2.31. The molecule has 1 aromatic rings. The van der Waals surface area contributed by atoms with E-state index >= 15 is 0 Å². The Morgan fingerprint density at radius 2 is 2.24 bits per heavy atom. The van der Waals surface area contributed by atoms with E-state index in [9.17, 15) is 0 Å². The van der Waals surface area contributed by atoms with Gasteiger partial charge in [-0.25, -0.2) is 0 Å². The summed E-state index contributed by atoms with van der Waals surface area (Å²) in [4.78, 5) is 0. The summed E-state index contributed by atoms with van der Waals surface area (Å²) in [6.45, 7) is 3.39. The molecule has 1 aliphatic rings. The van der Waals surface area contributed by atoms with Crippen LogP contribution in [0, 0.1) is 5.92 Å². The van der Waals surface area contributed by atoms with Crippen molar-refractivity contribution >= 4 is 0 Å². The molecular formula is C14H25N3. The molecule has 1 saturated carbocycles. The Morgan fingerprint density at radius 3 is 2.94 bits per heavy atom. The van der Waals surface area contributed by atoms with Crippen LogP contribution in [0.3, 0.4) is 0 Å². The van der Waals surface area contributed by atoms with Crippen LogP contribution in [0.1, 0.15) is 44.7 Å². The molecule has 3 heteroatoms. The van der Waals surface area contributed by atoms with Gasteiger partial charge in [-0.05, 0) is 24.8 Å². The molecule has 0 aliphatic heterocycles. The van der Waals surface area contributed by atoms with Gasteiger partial charge in [0.1, 0.15) is 0 Å². The van der Waals surface area contributed by atoms with Crippen LogP contribution in [-0.4, -0.2) is 22.4 Å². The first-order valence-electron chi connectivity index (χ1n) is 7.01. The standard InChI is InChI=1S/C14H25N3/c1-3-12-6-4-5-7-14(12)15-10-8-13-9-11-17(2)16-13/h9,11-12,14-15H,3-8,10H2,1-2H3. The third kappa shape index (κ3) is 3.56. The second kappa shape index (κ2) is 6.20. The van der Waals surface area contributed by atoms with Gasteiger partial charge in [-0.15, -0.1) is 0 Å². The molecule has 96 valence electrons. The largest absolute Gasteiger partial charge is 0.313 e. The highest BCUT2D eigenvalue weighted by Gasteiger charge is 2.22. The monoisotopic (exact) mass is 235 g/mol. The van der Waals surface area contributed by atoms with Crippen molar-refractivity contribution in [1.82, 2.24) is 15.1 Å². The molecule has 0 aromatic carbocycles. The van der Waals surface area contributed by atoms with Crippen LogP contribution in [0.15, 0.2) is 12.3 Å². The normalized spacial score (nSPS) is 25.1. The van der Waals surface area contributed by atoms with Gasteiger partial charge in [0.15, 0.2) is 0 Å². The van der Waals surface area contributed by atoms with Crippen LogP contribution in [0.4, 0.5) is 0 Å². The Labute approximate surface area is 105 Å². The first-order valence-corrected chi connectivity index (χ1v) is 7.01. The van der Waals surface area contributed by atoms with Crippen LogP contribution in [0.25, 0.3) is 0 Å².